The number of thioether (sulfide) groups is 1. The van der Waals surface area contributed by atoms with Gasteiger partial charge < -0.3 is 4.74 Å². The number of carbonyl (C=O) groups excluding carboxylic acids is 1. The van der Waals surface area contributed by atoms with Crippen LogP contribution in [0.15, 0.2) is 18.5 Å². The maximum absolute atomic E-state index is 12.7. The van der Waals surface area contributed by atoms with Gasteiger partial charge in [0.25, 0.3) is 0 Å². The molecule has 3 nitrogen and oxygen atoms in total. The summed E-state index contributed by atoms with van der Waals surface area (Å²) in [5.41, 5.74) is -1.38. The van der Waals surface area contributed by atoms with Gasteiger partial charge in [0.1, 0.15) is 6.10 Å². The maximum atomic E-state index is 12.7. The van der Waals surface area contributed by atoms with Gasteiger partial charge in [-0.3, -0.25) is 9.78 Å². The van der Waals surface area contributed by atoms with E-state index in [9.17, 15) is 18.0 Å². The van der Waals surface area contributed by atoms with E-state index in [1.807, 2.05) is 0 Å². The fourth-order valence-electron chi connectivity index (χ4n) is 1.65. The van der Waals surface area contributed by atoms with Crippen LogP contribution in [0, 0.1) is 0 Å². The van der Waals surface area contributed by atoms with Gasteiger partial charge in [0.15, 0.2) is 5.78 Å². The summed E-state index contributed by atoms with van der Waals surface area (Å²) in [7, 11) is 0. The van der Waals surface area contributed by atoms with Crippen molar-refractivity contribution in [3.8, 4) is 0 Å². The average molecular weight is 277 g/mol. The third kappa shape index (κ3) is 2.84. The van der Waals surface area contributed by atoms with Crippen molar-refractivity contribution in [3.63, 3.8) is 0 Å². The number of aromatic nitrogens is 1. The van der Waals surface area contributed by atoms with Gasteiger partial charge >= 0.3 is 6.18 Å². The predicted octanol–water partition coefficient (Wildman–Crippen LogP) is 2.42. The molecule has 1 aromatic heterocycles. The quantitative estimate of drug-likeness (QED) is 0.778. The predicted molar refractivity (Wildman–Crippen MR) is 60.6 cm³/mol. The molecular formula is C11H10F3NO2S. The van der Waals surface area contributed by atoms with Crippen LogP contribution in [0.3, 0.4) is 0 Å². The van der Waals surface area contributed by atoms with E-state index < -0.39 is 29.2 Å². The number of hydrogen-bond acceptors (Lipinski definition) is 4. The van der Waals surface area contributed by atoms with Gasteiger partial charge in [0.05, 0.1) is 17.7 Å². The number of rotatable bonds is 2. The van der Waals surface area contributed by atoms with Gasteiger partial charge in [-0.25, -0.2) is 0 Å². The molecule has 0 bridgehead atoms. The van der Waals surface area contributed by atoms with E-state index in [2.05, 4.69) is 4.98 Å². The van der Waals surface area contributed by atoms with Gasteiger partial charge in [-0.05, 0) is 6.07 Å². The Morgan fingerprint density at radius 2 is 2.28 bits per heavy atom. The first kappa shape index (κ1) is 13.4. The van der Waals surface area contributed by atoms with E-state index in [-0.39, 0.29) is 0 Å². The van der Waals surface area contributed by atoms with Gasteiger partial charge in [-0.2, -0.15) is 24.9 Å². The summed E-state index contributed by atoms with van der Waals surface area (Å²) in [5.74, 6) is 0.483. The molecule has 0 saturated carbocycles. The van der Waals surface area contributed by atoms with Crippen LogP contribution in [0.5, 0.6) is 0 Å². The smallest absolute Gasteiger partial charge is 0.368 e. The number of ketones is 1. The number of Topliss-reactive ketones (excluding diaryl/α,β-unsaturated/α-hetero) is 1. The van der Waals surface area contributed by atoms with E-state index in [0.717, 1.165) is 24.2 Å². The molecule has 2 heterocycles. The van der Waals surface area contributed by atoms with Crippen LogP contribution in [0.25, 0.3) is 0 Å². The van der Waals surface area contributed by atoms with Crippen LogP contribution in [-0.2, 0) is 10.9 Å². The number of hydrogen-bond donors (Lipinski definition) is 0. The Hall–Kier alpha value is -1.08. The minimum Gasteiger partial charge on any atom is -0.368 e. The standard InChI is InChI=1S/C11H10F3NO2S/c12-11(13,14)8-1-2-15-5-7(8)10(16)9-6-18-4-3-17-9/h1-2,5,9H,3-4,6H2. The van der Waals surface area contributed by atoms with Crippen LogP contribution < -0.4 is 0 Å². The molecule has 0 spiro atoms. The molecule has 18 heavy (non-hydrogen) atoms. The summed E-state index contributed by atoms with van der Waals surface area (Å²) >= 11 is 1.49. The SMILES string of the molecule is O=C(c1cnccc1C(F)(F)F)C1CSCCO1. The number of alkyl halides is 3. The molecule has 1 fully saturated rings. The molecule has 1 saturated heterocycles. The lowest BCUT2D eigenvalue weighted by atomic mass is 10.0. The Labute approximate surface area is 106 Å². The summed E-state index contributed by atoms with van der Waals surface area (Å²) in [6.07, 6.45) is -3.39. The molecule has 7 heteroatoms. The monoisotopic (exact) mass is 277 g/mol. The Morgan fingerprint density at radius 3 is 2.89 bits per heavy atom. The normalized spacial score (nSPS) is 20.7. The van der Waals surface area contributed by atoms with E-state index >= 15 is 0 Å². The number of pyridine rings is 1. The van der Waals surface area contributed by atoms with Crippen LogP contribution in [0.1, 0.15) is 15.9 Å². The van der Waals surface area contributed by atoms with E-state index in [0.29, 0.717) is 12.4 Å². The maximum Gasteiger partial charge on any atom is 0.417 e. The van der Waals surface area contributed by atoms with E-state index in [1.54, 1.807) is 0 Å². The molecule has 0 amide bonds. The van der Waals surface area contributed by atoms with Crippen LogP contribution in [-0.4, -0.2) is 35.0 Å². The lowest BCUT2D eigenvalue weighted by Gasteiger charge is -2.22. The summed E-state index contributed by atoms with van der Waals surface area (Å²) < 4.78 is 43.4. The van der Waals surface area contributed by atoms with E-state index in [4.69, 9.17) is 4.74 Å². The largest absolute Gasteiger partial charge is 0.417 e. The Morgan fingerprint density at radius 1 is 1.50 bits per heavy atom. The molecule has 1 unspecified atom stereocenters. The minimum atomic E-state index is -4.56. The van der Waals surface area contributed by atoms with Gasteiger partial charge in [-0.15, -0.1) is 0 Å². The first-order valence-corrected chi connectivity index (χ1v) is 6.40. The molecule has 0 radical (unpaired) electrons. The van der Waals surface area contributed by atoms with Gasteiger partial charge in [0.2, 0.25) is 0 Å². The molecule has 1 aliphatic rings. The van der Waals surface area contributed by atoms with Crippen molar-refractivity contribution in [2.45, 2.75) is 12.3 Å². The molecule has 0 aliphatic carbocycles. The zero-order chi connectivity index (χ0) is 13.2. The highest BCUT2D eigenvalue weighted by Gasteiger charge is 2.37. The summed E-state index contributed by atoms with van der Waals surface area (Å²) in [4.78, 5) is 15.6. The third-order valence-corrected chi connectivity index (χ3v) is 3.49. The van der Waals surface area contributed by atoms with Crippen LogP contribution >= 0.6 is 11.8 Å². The van der Waals surface area contributed by atoms with Gasteiger partial charge in [-0.1, -0.05) is 0 Å². The minimum absolute atomic E-state index is 0.378. The molecule has 0 aromatic carbocycles. The highest BCUT2D eigenvalue weighted by atomic mass is 32.2. The van der Waals surface area contributed by atoms with Crippen molar-refractivity contribution >= 4 is 17.5 Å². The Kier molecular flexibility index (Phi) is 3.91. The first-order chi connectivity index (χ1) is 8.50. The van der Waals surface area contributed by atoms with Crippen LogP contribution in [0.4, 0.5) is 13.2 Å². The molecular weight excluding hydrogens is 267 g/mol. The van der Waals surface area contributed by atoms with Crippen molar-refractivity contribution in [2.75, 3.05) is 18.1 Å². The summed E-state index contributed by atoms with van der Waals surface area (Å²) in [6, 6.07) is 0.809. The van der Waals surface area contributed by atoms with Crippen molar-refractivity contribution in [1.29, 1.82) is 0 Å². The van der Waals surface area contributed by atoms with Crippen molar-refractivity contribution in [3.05, 3.63) is 29.6 Å². The zero-order valence-corrected chi connectivity index (χ0v) is 10.1. The highest BCUT2D eigenvalue weighted by Crippen LogP contribution is 2.32. The number of carbonyl (C=O) groups is 1. The molecule has 1 aliphatic heterocycles. The Balaban J connectivity index is 2.30. The number of ether oxygens (including phenoxy) is 1. The second kappa shape index (κ2) is 5.27. The number of halogens is 3. The van der Waals surface area contributed by atoms with Gasteiger partial charge in [0, 0.05) is 23.9 Å². The molecule has 1 atom stereocenters. The van der Waals surface area contributed by atoms with Crippen molar-refractivity contribution < 1.29 is 22.7 Å². The summed E-state index contributed by atoms with van der Waals surface area (Å²) in [5, 5.41) is 0. The molecule has 0 N–H and O–H groups in total. The lowest BCUT2D eigenvalue weighted by molar-refractivity contribution is -0.138. The van der Waals surface area contributed by atoms with Crippen molar-refractivity contribution in [1.82, 2.24) is 4.98 Å². The average Bonchev–Trinajstić information content (AvgIpc) is 2.38. The fourth-order valence-corrected chi connectivity index (χ4v) is 2.49. The van der Waals surface area contributed by atoms with Crippen LogP contribution in [0.2, 0.25) is 0 Å². The Bertz CT molecular complexity index is 444. The molecule has 2 rings (SSSR count). The summed E-state index contributed by atoms with van der Waals surface area (Å²) in [6.45, 7) is 0.378. The zero-order valence-electron chi connectivity index (χ0n) is 9.24. The van der Waals surface area contributed by atoms with E-state index in [1.165, 1.54) is 11.8 Å². The second-order valence-corrected chi connectivity index (χ2v) is 4.87. The topological polar surface area (TPSA) is 39.2 Å². The highest BCUT2D eigenvalue weighted by molar-refractivity contribution is 7.99. The number of nitrogens with zero attached hydrogens (tertiary/aromatic N) is 1. The third-order valence-electron chi connectivity index (χ3n) is 2.50. The first-order valence-electron chi connectivity index (χ1n) is 5.25. The fraction of sp³-hybridized carbons (Fsp3) is 0.455. The van der Waals surface area contributed by atoms with Crippen molar-refractivity contribution in [2.24, 2.45) is 0 Å². The lowest BCUT2D eigenvalue weighted by Crippen LogP contribution is -2.33. The molecule has 98 valence electrons. The second-order valence-electron chi connectivity index (χ2n) is 3.72. The molecule has 1 aromatic rings.